The number of piperidine rings is 1. The van der Waals surface area contributed by atoms with Crippen molar-refractivity contribution in [1.29, 1.82) is 0 Å². The number of anilines is 1. The third kappa shape index (κ3) is 4.76. The third-order valence-electron chi connectivity index (χ3n) is 4.41. The Morgan fingerprint density at radius 3 is 2.76 bits per heavy atom. The predicted molar refractivity (Wildman–Crippen MR) is 98.6 cm³/mol. The third-order valence-corrected chi connectivity index (χ3v) is 5.52. The summed E-state index contributed by atoms with van der Waals surface area (Å²) in [7, 11) is -3.34. The van der Waals surface area contributed by atoms with E-state index in [1.54, 1.807) is 0 Å². The molecule has 1 aliphatic heterocycles. The first kappa shape index (κ1) is 17.8. The van der Waals surface area contributed by atoms with Crippen molar-refractivity contribution in [2.24, 2.45) is 0 Å². The van der Waals surface area contributed by atoms with Crippen LogP contribution in [0.4, 0.5) is 5.95 Å². The molecule has 0 bridgehead atoms. The molecule has 25 heavy (non-hydrogen) atoms. The summed E-state index contributed by atoms with van der Waals surface area (Å²) in [5.74, 6) is 0.597. The van der Waals surface area contributed by atoms with Gasteiger partial charge < -0.3 is 10.6 Å². The summed E-state index contributed by atoms with van der Waals surface area (Å²) in [5.41, 5.74) is 1.87. The van der Waals surface area contributed by atoms with Gasteiger partial charge in [-0.2, -0.15) is 0 Å². The van der Waals surface area contributed by atoms with Crippen LogP contribution in [0.25, 0.3) is 0 Å². The molecule has 0 aliphatic carbocycles. The van der Waals surface area contributed by atoms with Crippen molar-refractivity contribution in [3.8, 4) is 0 Å². The Labute approximate surface area is 149 Å². The highest BCUT2D eigenvalue weighted by atomic mass is 32.2. The van der Waals surface area contributed by atoms with Gasteiger partial charge in [0.25, 0.3) is 0 Å². The molecule has 2 N–H and O–H groups in total. The van der Waals surface area contributed by atoms with Gasteiger partial charge in [-0.25, -0.2) is 18.4 Å². The van der Waals surface area contributed by atoms with Gasteiger partial charge in [-0.1, -0.05) is 30.3 Å². The molecule has 134 valence electrons. The van der Waals surface area contributed by atoms with Crippen LogP contribution in [0.5, 0.6) is 0 Å². The van der Waals surface area contributed by atoms with Crippen molar-refractivity contribution in [3.63, 3.8) is 0 Å². The first-order valence-electron chi connectivity index (χ1n) is 8.59. The van der Waals surface area contributed by atoms with E-state index in [1.807, 2.05) is 18.2 Å². The van der Waals surface area contributed by atoms with Gasteiger partial charge in [0.2, 0.25) is 5.95 Å². The molecule has 1 atom stereocenters. The molecule has 2 heterocycles. The van der Waals surface area contributed by atoms with E-state index >= 15 is 0 Å². The molecule has 0 spiro atoms. The molecule has 1 saturated heterocycles. The van der Waals surface area contributed by atoms with Crippen molar-refractivity contribution in [2.75, 3.05) is 31.2 Å². The van der Waals surface area contributed by atoms with Gasteiger partial charge in [-0.15, -0.1) is 0 Å². The zero-order chi connectivity index (χ0) is 17.7. The van der Waals surface area contributed by atoms with Crippen molar-refractivity contribution < 1.29 is 8.42 Å². The number of benzene rings is 1. The summed E-state index contributed by atoms with van der Waals surface area (Å²) in [5, 5.41) is 6.53. The molecule has 1 aromatic carbocycles. The molecule has 7 heteroatoms. The second kappa shape index (κ2) is 7.93. The summed E-state index contributed by atoms with van der Waals surface area (Å²) in [6, 6.07) is 10.2. The molecule has 0 unspecified atom stereocenters. The van der Waals surface area contributed by atoms with Gasteiger partial charge in [0.15, 0.2) is 9.84 Å². The molecule has 1 aliphatic rings. The van der Waals surface area contributed by atoms with Crippen LogP contribution < -0.4 is 10.6 Å². The van der Waals surface area contributed by atoms with Crippen molar-refractivity contribution in [3.05, 3.63) is 47.8 Å². The normalized spacial score (nSPS) is 18.0. The minimum atomic E-state index is -3.34. The average molecular weight is 360 g/mol. The van der Waals surface area contributed by atoms with Crippen molar-refractivity contribution in [1.82, 2.24) is 15.3 Å². The van der Waals surface area contributed by atoms with E-state index in [0.717, 1.165) is 32.4 Å². The summed E-state index contributed by atoms with van der Waals surface area (Å²) < 4.78 is 24.2. The van der Waals surface area contributed by atoms with Gasteiger partial charge in [0, 0.05) is 25.3 Å². The summed E-state index contributed by atoms with van der Waals surface area (Å²) >= 11 is 0. The Bertz CT molecular complexity index is 803. The molecule has 2 aromatic rings. The van der Waals surface area contributed by atoms with E-state index in [4.69, 9.17) is 0 Å². The van der Waals surface area contributed by atoms with Crippen LogP contribution in [0.2, 0.25) is 0 Å². The number of nitrogens with zero attached hydrogens (tertiary/aromatic N) is 2. The van der Waals surface area contributed by atoms with Crippen LogP contribution in [0, 0.1) is 0 Å². The highest BCUT2D eigenvalue weighted by Crippen LogP contribution is 2.27. The number of hydrogen-bond acceptors (Lipinski definition) is 6. The first-order chi connectivity index (χ1) is 12.0. The van der Waals surface area contributed by atoms with E-state index < -0.39 is 9.84 Å². The Balaban J connectivity index is 1.76. The molecule has 3 rings (SSSR count). The lowest BCUT2D eigenvalue weighted by Gasteiger charge is -2.24. The smallest absolute Gasteiger partial charge is 0.222 e. The summed E-state index contributed by atoms with van der Waals surface area (Å²) in [4.78, 5) is 9.01. The number of sulfone groups is 1. The summed E-state index contributed by atoms with van der Waals surface area (Å²) in [6.07, 6.45) is 5.48. The maximum Gasteiger partial charge on any atom is 0.222 e. The molecular formula is C18H24N4O2S. The molecule has 1 fully saturated rings. The van der Waals surface area contributed by atoms with Crippen molar-refractivity contribution >= 4 is 15.8 Å². The monoisotopic (exact) mass is 360 g/mol. The van der Waals surface area contributed by atoms with E-state index in [9.17, 15) is 8.42 Å². The van der Waals surface area contributed by atoms with Crippen LogP contribution in [-0.2, 0) is 16.3 Å². The molecule has 6 nitrogen and oxygen atoms in total. The van der Waals surface area contributed by atoms with Crippen LogP contribution in [-0.4, -0.2) is 44.3 Å². The molecular weight excluding hydrogens is 336 g/mol. The van der Waals surface area contributed by atoms with E-state index in [1.165, 1.54) is 18.0 Å². The maximum atomic E-state index is 12.1. The lowest BCUT2D eigenvalue weighted by Crippen LogP contribution is -2.30. The van der Waals surface area contributed by atoms with Gasteiger partial charge in [0.05, 0.1) is 11.9 Å². The fraction of sp³-hybridized carbons (Fsp3) is 0.444. The fourth-order valence-electron chi connectivity index (χ4n) is 3.10. The van der Waals surface area contributed by atoms with E-state index in [-0.39, 0.29) is 10.8 Å². The first-order valence-corrected chi connectivity index (χ1v) is 10.5. The Hall–Kier alpha value is -1.99. The van der Waals surface area contributed by atoms with Crippen LogP contribution in [0.1, 0.15) is 30.0 Å². The van der Waals surface area contributed by atoms with Gasteiger partial charge in [0.1, 0.15) is 4.90 Å². The molecule has 0 saturated carbocycles. The maximum absolute atomic E-state index is 12.1. The standard InChI is InChI=1S/C18H24N4O2S/c1-25(23,24)16-13-21-18(20-11-9-14-6-3-2-4-7-14)22-17(16)15-8-5-10-19-12-15/h2-4,6-7,13,15,19H,5,8-12H2,1H3,(H,20,21,22)/t15-/m1/s1. The van der Waals surface area contributed by atoms with Gasteiger partial charge in [-0.3, -0.25) is 0 Å². The van der Waals surface area contributed by atoms with Gasteiger partial charge >= 0.3 is 0 Å². The van der Waals surface area contributed by atoms with Crippen LogP contribution in [0.3, 0.4) is 0 Å². The minimum absolute atomic E-state index is 0.108. The van der Waals surface area contributed by atoms with Gasteiger partial charge in [-0.05, 0) is 31.4 Å². The number of rotatable bonds is 6. The van der Waals surface area contributed by atoms with Crippen LogP contribution in [0.15, 0.2) is 41.4 Å². The second-order valence-corrected chi connectivity index (χ2v) is 8.41. The molecule has 0 amide bonds. The zero-order valence-corrected chi connectivity index (χ0v) is 15.2. The SMILES string of the molecule is CS(=O)(=O)c1cnc(NCCc2ccccc2)nc1[C@@H]1CCCNC1. The highest BCUT2D eigenvalue weighted by molar-refractivity contribution is 7.90. The lowest BCUT2D eigenvalue weighted by molar-refractivity contribution is 0.448. The highest BCUT2D eigenvalue weighted by Gasteiger charge is 2.25. The topological polar surface area (TPSA) is 84.0 Å². The Morgan fingerprint density at radius 2 is 2.08 bits per heavy atom. The zero-order valence-electron chi connectivity index (χ0n) is 14.4. The average Bonchev–Trinajstić information content (AvgIpc) is 2.62. The molecule has 0 radical (unpaired) electrons. The quantitative estimate of drug-likeness (QED) is 0.820. The number of hydrogen-bond donors (Lipinski definition) is 2. The Morgan fingerprint density at radius 1 is 1.28 bits per heavy atom. The van der Waals surface area contributed by atoms with Crippen molar-refractivity contribution in [2.45, 2.75) is 30.1 Å². The lowest BCUT2D eigenvalue weighted by atomic mass is 9.96. The summed E-state index contributed by atoms with van der Waals surface area (Å²) in [6.45, 7) is 2.42. The fourth-order valence-corrected chi connectivity index (χ4v) is 3.93. The minimum Gasteiger partial charge on any atom is -0.354 e. The van der Waals surface area contributed by atoms with Crippen LogP contribution >= 0.6 is 0 Å². The molecule has 1 aromatic heterocycles. The van der Waals surface area contributed by atoms with E-state index in [2.05, 4.69) is 32.7 Å². The largest absolute Gasteiger partial charge is 0.354 e. The van der Waals surface area contributed by atoms with E-state index in [0.29, 0.717) is 18.2 Å². The number of aromatic nitrogens is 2. The Kier molecular flexibility index (Phi) is 5.65. The second-order valence-electron chi connectivity index (χ2n) is 6.42. The predicted octanol–water partition coefficient (Wildman–Crippen LogP) is 2.00. The number of nitrogens with one attached hydrogen (secondary N) is 2.